The molecule has 0 N–H and O–H groups in total. The van der Waals surface area contributed by atoms with Crippen LogP contribution in [0.1, 0.15) is 33.0 Å². The molecular weight excluding hydrogens is 254 g/mol. The van der Waals surface area contributed by atoms with Gasteiger partial charge in [0, 0.05) is 17.5 Å². The van der Waals surface area contributed by atoms with Crippen molar-refractivity contribution in [2.24, 2.45) is 0 Å². The van der Waals surface area contributed by atoms with E-state index in [1.165, 1.54) is 22.3 Å². The predicted molar refractivity (Wildman–Crippen MR) is 79.9 cm³/mol. The van der Waals surface area contributed by atoms with Crippen LogP contribution in [-0.2, 0) is 17.6 Å². The Balaban J connectivity index is 2.11. The molecule has 0 aliphatic heterocycles. The number of aryl methyl sites for hydroxylation is 4. The van der Waals surface area contributed by atoms with E-state index in [-0.39, 0.29) is 5.78 Å². The van der Waals surface area contributed by atoms with Gasteiger partial charge < -0.3 is 0 Å². The molecule has 0 radical (unpaired) electrons. The largest absolute Gasteiger partial charge is 0.299 e. The number of aromatic nitrogens is 1. The Labute approximate surface area is 118 Å². The molecule has 0 fully saturated rings. The van der Waals surface area contributed by atoms with Gasteiger partial charge >= 0.3 is 0 Å². The smallest absolute Gasteiger partial charge is 0.144 e. The molecular formula is C16H19NOS. The van der Waals surface area contributed by atoms with Crippen molar-refractivity contribution >= 4 is 17.1 Å². The van der Waals surface area contributed by atoms with Crippen LogP contribution in [-0.4, -0.2) is 10.8 Å². The van der Waals surface area contributed by atoms with E-state index in [1.807, 2.05) is 12.3 Å². The summed E-state index contributed by atoms with van der Waals surface area (Å²) in [5, 5.41) is 2.91. The highest BCUT2D eigenvalue weighted by Crippen LogP contribution is 2.18. The summed E-state index contributed by atoms with van der Waals surface area (Å²) in [4.78, 5) is 16.5. The van der Waals surface area contributed by atoms with Gasteiger partial charge in [-0.3, -0.25) is 4.79 Å². The van der Waals surface area contributed by atoms with Crippen LogP contribution < -0.4 is 0 Å². The van der Waals surface area contributed by atoms with Crippen molar-refractivity contribution in [3.63, 3.8) is 0 Å². The van der Waals surface area contributed by atoms with Gasteiger partial charge in [-0.1, -0.05) is 17.7 Å². The first-order chi connectivity index (χ1) is 8.95. The highest BCUT2D eigenvalue weighted by molar-refractivity contribution is 7.09. The van der Waals surface area contributed by atoms with Gasteiger partial charge in [-0.25, -0.2) is 4.98 Å². The van der Waals surface area contributed by atoms with Crippen molar-refractivity contribution in [2.45, 2.75) is 40.5 Å². The Morgan fingerprint density at radius 3 is 2.26 bits per heavy atom. The fourth-order valence-corrected chi connectivity index (χ4v) is 3.20. The summed E-state index contributed by atoms with van der Waals surface area (Å²) in [6.07, 6.45) is 0.960. The van der Waals surface area contributed by atoms with Crippen molar-refractivity contribution in [1.82, 2.24) is 4.98 Å². The Hall–Kier alpha value is -1.48. The monoisotopic (exact) mass is 273 g/mol. The second-order valence-electron chi connectivity index (χ2n) is 5.15. The molecule has 0 bridgehead atoms. The zero-order chi connectivity index (χ0) is 14.0. The predicted octanol–water partition coefficient (Wildman–Crippen LogP) is 3.73. The van der Waals surface area contributed by atoms with Crippen molar-refractivity contribution in [2.75, 3.05) is 0 Å². The summed E-state index contributed by atoms with van der Waals surface area (Å²) < 4.78 is 0. The average Bonchev–Trinajstić information content (AvgIpc) is 2.69. The van der Waals surface area contributed by atoms with Crippen LogP contribution in [0.25, 0.3) is 0 Å². The highest BCUT2D eigenvalue weighted by atomic mass is 32.1. The molecule has 0 atom stereocenters. The van der Waals surface area contributed by atoms with Crippen molar-refractivity contribution < 1.29 is 4.79 Å². The number of thiazole rings is 1. The average molecular weight is 273 g/mol. The molecule has 0 saturated carbocycles. The van der Waals surface area contributed by atoms with E-state index >= 15 is 0 Å². The lowest BCUT2D eigenvalue weighted by Gasteiger charge is -2.10. The van der Waals surface area contributed by atoms with Gasteiger partial charge in [0.25, 0.3) is 0 Å². The second-order valence-corrected chi connectivity index (χ2v) is 6.09. The van der Waals surface area contributed by atoms with Gasteiger partial charge in [0.1, 0.15) is 10.8 Å². The molecule has 0 amide bonds. The quantitative estimate of drug-likeness (QED) is 0.849. The van der Waals surface area contributed by atoms with E-state index in [4.69, 9.17) is 0 Å². The molecule has 2 rings (SSSR count). The van der Waals surface area contributed by atoms with Gasteiger partial charge in [0.2, 0.25) is 0 Å². The van der Waals surface area contributed by atoms with Crippen LogP contribution in [0, 0.1) is 27.7 Å². The van der Waals surface area contributed by atoms with E-state index in [0.717, 1.165) is 10.7 Å². The number of benzene rings is 1. The molecule has 0 aliphatic carbocycles. The topological polar surface area (TPSA) is 30.0 Å². The van der Waals surface area contributed by atoms with Crippen molar-refractivity contribution in [3.05, 3.63) is 50.5 Å². The zero-order valence-electron chi connectivity index (χ0n) is 11.9. The van der Waals surface area contributed by atoms with Crippen molar-refractivity contribution in [1.29, 1.82) is 0 Å². The number of ketones is 1. The maximum absolute atomic E-state index is 12.1. The van der Waals surface area contributed by atoms with E-state index < -0.39 is 0 Å². The number of rotatable bonds is 4. The van der Waals surface area contributed by atoms with Gasteiger partial charge in [-0.15, -0.1) is 11.3 Å². The van der Waals surface area contributed by atoms with Gasteiger partial charge in [0.15, 0.2) is 0 Å². The fourth-order valence-electron chi connectivity index (χ4n) is 2.40. The maximum Gasteiger partial charge on any atom is 0.144 e. The minimum absolute atomic E-state index is 0.240. The number of Topliss-reactive ketones (excluding diaryl/α,β-unsaturated/α-hetero) is 1. The Morgan fingerprint density at radius 2 is 1.74 bits per heavy atom. The molecule has 0 spiro atoms. The van der Waals surface area contributed by atoms with E-state index in [1.54, 1.807) is 11.3 Å². The lowest BCUT2D eigenvalue weighted by Crippen LogP contribution is -2.09. The third-order valence-electron chi connectivity index (χ3n) is 3.23. The molecule has 1 aromatic heterocycles. The summed E-state index contributed by atoms with van der Waals surface area (Å²) >= 11 is 1.57. The molecule has 1 heterocycles. The summed E-state index contributed by atoms with van der Waals surface area (Å²) in [6, 6.07) is 4.28. The molecule has 2 aromatic rings. The lowest BCUT2D eigenvalue weighted by molar-refractivity contribution is -0.117. The minimum atomic E-state index is 0.240. The fraction of sp³-hybridized carbons (Fsp3) is 0.375. The van der Waals surface area contributed by atoms with E-state index in [2.05, 4.69) is 37.9 Å². The lowest BCUT2D eigenvalue weighted by atomic mass is 9.95. The SMILES string of the molecule is Cc1cc(C)c(CC(=O)Cc2nc(C)cs2)c(C)c1. The summed E-state index contributed by atoms with van der Waals surface area (Å²) in [5.41, 5.74) is 5.84. The van der Waals surface area contributed by atoms with Gasteiger partial charge in [0.05, 0.1) is 6.42 Å². The Bertz CT molecular complexity index is 590. The molecule has 2 nitrogen and oxygen atoms in total. The van der Waals surface area contributed by atoms with E-state index in [9.17, 15) is 4.79 Å². The third-order valence-corrected chi connectivity index (χ3v) is 4.20. The number of nitrogens with zero attached hydrogens (tertiary/aromatic N) is 1. The van der Waals surface area contributed by atoms with Crippen LogP contribution >= 0.6 is 11.3 Å². The van der Waals surface area contributed by atoms with Crippen LogP contribution in [0.15, 0.2) is 17.5 Å². The van der Waals surface area contributed by atoms with Crippen LogP contribution in [0.3, 0.4) is 0 Å². The normalized spacial score (nSPS) is 10.7. The van der Waals surface area contributed by atoms with Crippen LogP contribution in [0.2, 0.25) is 0 Å². The number of hydrogen-bond acceptors (Lipinski definition) is 3. The first kappa shape index (κ1) is 13.9. The number of carbonyl (C=O) groups excluding carboxylic acids is 1. The molecule has 19 heavy (non-hydrogen) atoms. The molecule has 0 saturated heterocycles. The molecule has 3 heteroatoms. The van der Waals surface area contributed by atoms with Crippen LogP contribution in [0.5, 0.6) is 0 Å². The Kier molecular flexibility index (Phi) is 4.15. The zero-order valence-corrected chi connectivity index (χ0v) is 12.7. The van der Waals surface area contributed by atoms with Crippen LogP contribution in [0.4, 0.5) is 0 Å². The molecule has 0 aliphatic rings. The Morgan fingerprint density at radius 1 is 1.11 bits per heavy atom. The summed E-state index contributed by atoms with van der Waals surface area (Å²) in [5.74, 6) is 0.240. The highest BCUT2D eigenvalue weighted by Gasteiger charge is 2.11. The third kappa shape index (κ3) is 3.51. The first-order valence-corrected chi connectivity index (χ1v) is 7.33. The number of hydrogen-bond donors (Lipinski definition) is 0. The first-order valence-electron chi connectivity index (χ1n) is 6.45. The second kappa shape index (κ2) is 5.66. The number of carbonyl (C=O) groups is 1. The van der Waals surface area contributed by atoms with Gasteiger partial charge in [-0.05, 0) is 44.4 Å². The van der Waals surface area contributed by atoms with Gasteiger partial charge in [-0.2, -0.15) is 0 Å². The molecule has 100 valence electrons. The summed E-state index contributed by atoms with van der Waals surface area (Å²) in [7, 11) is 0. The summed E-state index contributed by atoms with van der Waals surface area (Å²) in [6.45, 7) is 8.20. The maximum atomic E-state index is 12.1. The molecule has 0 unspecified atom stereocenters. The minimum Gasteiger partial charge on any atom is -0.299 e. The van der Waals surface area contributed by atoms with E-state index in [0.29, 0.717) is 12.8 Å². The van der Waals surface area contributed by atoms with Crippen molar-refractivity contribution in [3.8, 4) is 0 Å². The molecule has 1 aromatic carbocycles. The standard InChI is InChI=1S/C16H19NOS/c1-10-5-11(2)15(12(3)6-10)7-14(18)8-16-17-13(4)9-19-16/h5-6,9H,7-8H2,1-4H3.